The first-order valence-electron chi connectivity index (χ1n) is 9.38. The van der Waals surface area contributed by atoms with Gasteiger partial charge < -0.3 is 18.9 Å². The van der Waals surface area contributed by atoms with Crippen molar-refractivity contribution in [2.45, 2.75) is 13.8 Å². The second-order valence-corrected chi connectivity index (χ2v) is 6.27. The van der Waals surface area contributed by atoms with E-state index in [4.69, 9.17) is 30.5 Å². The van der Waals surface area contributed by atoms with Gasteiger partial charge >= 0.3 is 0 Å². The van der Waals surface area contributed by atoms with Gasteiger partial charge in [-0.05, 0) is 49.7 Å². The zero-order chi connectivity index (χ0) is 21.9. The molecule has 0 aromatic heterocycles. The van der Waals surface area contributed by atoms with E-state index in [0.717, 1.165) is 0 Å². The molecule has 2 rings (SSSR count). The third-order valence-electron chi connectivity index (χ3n) is 3.78. The van der Waals surface area contributed by atoms with Gasteiger partial charge in [-0.2, -0.15) is 5.10 Å². The number of ether oxygens (including phenoxy) is 4. The lowest BCUT2D eigenvalue weighted by molar-refractivity contribution is 0.0954. The number of hydrogen-bond acceptors (Lipinski definition) is 6. The molecular formula is C22H25ClN2O5. The molecule has 0 aliphatic heterocycles. The molecule has 0 aliphatic rings. The fourth-order valence-electron chi connectivity index (χ4n) is 2.52. The van der Waals surface area contributed by atoms with Gasteiger partial charge in [0.1, 0.15) is 6.61 Å². The molecule has 0 bridgehead atoms. The largest absolute Gasteiger partial charge is 0.493 e. The Morgan fingerprint density at radius 1 is 1.10 bits per heavy atom. The van der Waals surface area contributed by atoms with Crippen molar-refractivity contribution in [3.63, 3.8) is 0 Å². The Kier molecular flexibility index (Phi) is 9.03. The quantitative estimate of drug-likeness (QED) is 0.322. The first-order chi connectivity index (χ1) is 14.5. The standard InChI is InChI=1S/C22H25ClN2O5/c1-5-10-30-21-17(23)11-15(12-20(21)29-7-3)14-24-25-22(26)16-8-9-18(28-6-2)19(13-16)27-4/h5,8-9,11-14H,1,6-7,10H2,2-4H3,(H,25,26)/b24-14+. The van der Waals surface area contributed by atoms with Gasteiger partial charge in [0, 0.05) is 5.56 Å². The number of hydrogen-bond donors (Lipinski definition) is 1. The predicted molar refractivity (Wildman–Crippen MR) is 118 cm³/mol. The SMILES string of the molecule is C=CCOc1c(Cl)cc(/C=N/NC(=O)c2ccc(OCC)c(OC)c2)cc1OCC. The first-order valence-corrected chi connectivity index (χ1v) is 9.76. The molecule has 0 atom stereocenters. The third-order valence-corrected chi connectivity index (χ3v) is 4.06. The van der Waals surface area contributed by atoms with Crippen molar-refractivity contribution in [1.82, 2.24) is 5.43 Å². The average molecular weight is 433 g/mol. The topological polar surface area (TPSA) is 78.4 Å². The summed E-state index contributed by atoms with van der Waals surface area (Å²) in [5, 5.41) is 4.37. The van der Waals surface area contributed by atoms with Crippen LogP contribution in [0.4, 0.5) is 0 Å². The number of methoxy groups -OCH3 is 1. The lowest BCUT2D eigenvalue weighted by atomic mass is 10.2. The van der Waals surface area contributed by atoms with Crippen molar-refractivity contribution in [3.8, 4) is 23.0 Å². The van der Waals surface area contributed by atoms with Crippen LogP contribution in [0.5, 0.6) is 23.0 Å². The summed E-state index contributed by atoms with van der Waals surface area (Å²) in [6.45, 7) is 8.59. The molecule has 7 nitrogen and oxygen atoms in total. The van der Waals surface area contributed by atoms with Gasteiger partial charge in [0.05, 0.1) is 31.6 Å². The van der Waals surface area contributed by atoms with Crippen LogP contribution in [0.3, 0.4) is 0 Å². The van der Waals surface area contributed by atoms with Crippen LogP contribution in [0.25, 0.3) is 0 Å². The highest BCUT2D eigenvalue weighted by Gasteiger charge is 2.13. The van der Waals surface area contributed by atoms with E-state index in [1.807, 2.05) is 13.8 Å². The van der Waals surface area contributed by atoms with Gasteiger partial charge in [-0.25, -0.2) is 5.43 Å². The minimum Gasteiger partial charge on any atom is -0.493 e. The summed E-state index contributed by atoms with van der Waals surface area (Å²) in [6, 6.07) is 8.29. The van der Waals surface area contributed by atoms with Crippen molar-refractivity contribution in [2.75, 3.05) is 26.9 Å². The van der Waals surface area contributed by atoms with Crippen LogP contribution in [-0.2, 0) is 0 Å². The molecule has 0 fully saturated rings. The number of hydrazone groups is 1. The molecule has 1 N–H and O–H groups in total. The molecule has 0 radical (unpaired) electrons. The van der Waals surface area contributed by atoms with Gasteiger partial charge in [0.15, 0.2) is 23.0 Å². The Bertz CT molecular complexity index is 915. The Balaban J connectivity index is 2.14. The third kappa shape index (κ3) is 6.15. The Morgan fingerprint density at radius 2 is 1.83 bits per heavy atom. The lowest BCUT2D eigenvalue weighted by Crippen LogP contribution is -2.17. The molecule has 2 aromatic rings. The number of carbonyl (C=O) groups is 1. The monoisotopic (exact) mass is 432 g/mol. The maximum atomic E-state index is 12.4. The van der Waals surface area contributed by atoms with Crippen molar-refractivity contribution < 1.29 is 23.7 Å². The summed E-state index contributed by atoms with van der Waals surface area (Å²) in [5.41, 5.74) is 3.50. The fraction of sp³-hybridized carbons (Fsp3) is 0.273. The summed E-state index contributed by atoms with van der Waals surface area (Å²) in [4.78, 5) is 12.4. The van der Waals surface area contributed by atoms with Crippen LogP contribution < -0.4 is 24.4 Å². The molecule has 8 heteroatoms. The number of nitrogens with zero attached hydrogens (tertiary/aromatic N) is 1. The smallest absolute Gasteiger partial charge is 0.271 e. The number of halogens is 1. The Labute approximate surface area is 181 Å². The summed E-state index contributed by atoms with van der Waals surface area (Å²) in [5.74, 6) is 1.56. The molecule has 0 unspecified atom stereocenters. The van der Waals surface area contributed by atoms with Crippen LogP contribution in [0.1, 0.15) is 29.8 Å². The van der Waals surface area contributed by atoms with Crippen LogP contribution in [0.2, 0.25) is 5.02 Å². The van der Waals surface area contributed by atoms with Crippen LogP contribution in [0, 0.1) is 0 Å². The summed E-state index contributed by atoms with van der Waals surface area (Å²) in [7, 11) is 1.51. The van der Waals surface area contributed by atoms with E-state index < -0.39 is 5.91 Å². The van der Waals surface area contributed by atoms with E-state index in [0.29, 0.717) is 59.0 Å². The second kappa shape index (κ2) is 11.7. The summed E-state index contributed by atoms with van der Waals surface area (Å²) < 4.78 is 21.9. The predicted octanol–water partition coefficient (Wildman–Crippen LogP) is 4.47. The summed E-state index contributed by atoms with van der Waals surface area (Å²) >= 11 is 6.30. The molecule has 30 heavy (non-hydrogen) atoms. The van der Waals surface area contributed by atoms with Gasteiger partial charge in [0.25, 0.3) is 5.91 Å². The van der Waals surface area contributed by atoms with Crippen molar-refractivity contribution in [2.24, 2.45) is 5.10 Å². The molecule has 0 heterocycles. The highest BCUT2D eigenvalue weighted by molar-refractivity contribution is 6.32. The maximum Gasteiger partial charge on any atom is 0.271 e. The fourth-order valence-corrected chi connectivity index (χ4v) is 2.79. The van der Waals surface area contributed by atoms with Gasteiger partial charge in [-0.1, -0.05) is 24.3 Å². The normalized spacial score (nSPS) is 10.5. The van der Waals surface area contributed by atoms with Gasteiger partial charge in [0.2, 0.25) is 0 Å². The molecule has 0 saturated carbocycles. The zero-order valence-corrected chi connectivity index (χ0v) is 18.0. The number of carbonyl (C=O) groups excluding carboxylic acids is 1. The van der Waals surface area contributed by atoms with E-state index in [1.165, 1.54) is 13.3 Å². The molecular weight excluding hydrogens is 408 g/mol. The van der Waals surface area contributed by atoms with E-state index in [-0.39, 0.29) is 0 Å². The zero-order valence-electron chi connectivity index (χ0n) is 17.2. The molecule has 2 aromatic carbocycles. The number of amides is 1. The Morgan fingerprint density at radius 3 is 2.50 bits per heavy atom. The number of benzene rings is 2. The molecule has 0 saturated heterocycles. The van der Waals surface area contributed by atoms with Crippen LogP contribution >= 0.6 is 11.6 Å². The number of nitrogens with one attached hydrogen (secondary N) is 1. The van der Waals surface area contributed by atoms with Crippen LogP contribution in [-0.4, -0.2) is 39.1 Å². The highest BCUT2D eigenvalue weighted by Crippen LogP contribution is 2.36. The second-order valence-electron chi connectivity index (χ2n) is 5.86. The Hall–Kier alpha value is -3.19. The number of rotatable bonds is 11. The van der Waals surface area contributed by atoms with Gasteiger partial charge in [-0.3, -0.25) is 4.79 Å². The summed E-state index contributed by atoms with van der Waals surface area (Å²) in [6.07, 6.45) is 3.09. The van der Waals surface area contributed by atoms with Crippen LogP contribution in [0.15, 0.2) is 48.1 Å². The first kappa shape index (κ1) is 23.1. The molecule has 0 aliphatic carbocycles. The van der Waals surface area contributed by atoms with Crippen molar-refractivity contribution >= 4 is 23.7 Å². The minimum absolute atomic E-state index is 0.300. The van der Waals surface area contributed by atoms with Crippen molar-refractivity contribution in [1.29, 1.82) is 0 Å². The molecule has 1 amide bonds. The van der Waals surface area contributed by atoms with E-state index in [1.54, 1.807) is 36.4 Å². The van der Waals surface area contributed by atoms with E-state index in [2.05, 4.69) is 17.1 Å². The molecule has 0 spiro atoms. The lowest BCUT2D eigenvalue weighted by Gasteiger charge is -2.13. The van der Waals surface area contributed by atoms with Crippen molar-refractivity contribution in [3.05, 3.63) is 59.1 Å². The van der Waals surface area contributed by atoms with E-state index in [9.17, 15) is 4.79 Å². The highest BCUT2D eigenvalue weighted by atomic mass is 35.5. The van der Waals surface area contributed by atoms with E-state index >= 15 is 0 Å². The minimum atomic E-state index is -0.394. The average Bonchev–Trinajstić information content (AvgIpc) is 2.74. The molecule has 160 valence electrons. The maximum absolute atomic E-state index is 12.4. The van der Waals surface area contributed by atoms with Gasteiger partial charge in [-0.15, -0.1) is 0 Å².